The van der Waals surface area contributed by atoms with Crippen molar-refractivity contribution in [2.45, 2.75) is 30.6 Å². The number of hydrogen-bond acceptors (Lipinski definition) is 5. The normalized spacial score (nSPS) is 14.5. The summed E-state index contributed by atoms with van der Waals surface area (Å²) in [4.78, 5) is 12.0. The van der Waals surface area contributed by atoms with E-state index >= 15 is 0 Å². The van der Waals surface area contributed by atoms with Crippen molar-refractivity contribution < 1.29 is 22.7 Å². The Balaban J connectivity index is 1.63. The van der Waals surface area contributed by atoms with E-state index in [1.54, 1.807) is 60.7 Å². The SMILES string of the molecule is COC(=O)c1ccc(Cc2cc3cc(Cl)ccc3n2S(=O)(=O)c2ccc3c(c2)C(C)(C)CO3)cc1. The van der Waals surface area contributed by atoms with Crippen LogP contribution in [0.4, 0.5) is 0 Å². The summed E-state index contributed by atoms with van der Waals surface area (Å²) in [5, 5.41) is 1.25. The fourth-order valence-electron chi connectivity index (χ4n) is 4.48. The predicted octanol–water partition coefficient (Wildman–Crippen LogP) is 5.58. The molecule has 1 aliphatic rings. The molecule has 0 atom stereocenters. The van der Waals surface area contributed by atoms with Crippen molar-refractivity contribution in [1.82, 2.24) is 3.97 Å². The molecule has 0 radical (unpaired) electrons. The van der Waals surface area contributed by atoms with Gasteiger partial charge in [0.2, 0.25) is 0 Å². The molecule has 8 heteroatoms. The summed E-state index contributed by atoms with van der Waals surface area (Å²) >= 11 is 6.21. The molecule has 0 spiro atoms. The van der Waals surface area contributed by atoms with Gasteiger partial charge in [-0.3, -0.25) is 0 Å². The average Bonchev–Trinajstić information content (AvgIpc) is 3.35. The maximum absolute atomic E-state index is 14.0. The molecular weight excluding hydrogens is 486 g/mol. The zero-order valence-corrected chi connectivity index (χ0v) is 21.1. The summed E-state index contributed by atoms with van der Waals surface area (Å²) in [6.07, 6.45) is 0.340. The fourth-order valence-corrected chi connectivity index (χ4v) is 6.23. The van der Waals surface area contributed by atoms with Crippen LogP contribution in [-0.4, -0.2) is 32.1 Å². The average molecular weight is 510 g/mol. The Morgan fingerprint density at radius 2 is 1.80 bits per heavy atom. The second-order valence-corrected chi connectivity index (χ2v) is 11.5. The van der Waals surface area contributed by atoms with Gasteiger partial charge in [0.25, 0.3) is 10.0 Å². The Morgan fingerprint density at radius 3 is 2.51 bits per heavy atom. The molecule has 2 heterocycles. The largest absolute Gasteiger partial charge is 0.492 e. The van der Waals surface area contributed by atoms with Gasteiger partial charge < -0.3 is 9.47 Å². The van der Waals surface area contributed by atoms with Crippen LogP contribution in [0.25, 0.3) is 10.9 Å². The van der Waals surface area contributed by atoms with Crippen LogP contribution < -0.4 is 4.74 Å². The second kappa shape index (κ2) is 8.43. The third-order valence-electron chi connectivity index (χ3n) is 6.36. The number of carbonyl (C=O) groups is 1. The van der Waals surface area contributed by atoms with Crippen LogP contribution in [0.1, 0.15) is 41.0 Å². The van der Waals surface area contributed by atoms with Gasteiger partial charge in [0.05, 0.1) is 29.7 Å². The number of halogens is 1. The van der Waals surface area contributed by atoms with E-state index in [1.807, 2.05) is 19.9 Å². The number of hydrogen-bond donors (Lipinski definition) is 0. The maximum Gasteiger partial charge on any atom is 0.337 e. The number of nitrogens with zero attached hydrogens (tertiary/aromatic N) is 1. The Morgan fingerprint density at radius 1 is 1.06 bits per heavy atom. The van der Waals surface area contributed by atoms with E-state index in [0.717, 1.165) is 16.5 Å². The van der Waals surface area contributed by atoms with Crippen molar-refractivity contribution in [2.24, 2.45) is 0 Å². The molecule has 4 aromatic rings. The highest BCUT2D eigenvalue weighted by molar-refractivity contribution is 7.90. The summed E-state index contributed by atoms with van der Waals surface area (Å²) in [7, 11) is -2.61. The number of fused-ring (bicyclic) bond motifs is 2. The maximum atomic E-state index is 14.0. The van der Waals surface area contributed by atoms with Gasteiger partial charge in [-0.05, 0) is 60.2 Å². The van der Waals surface area contributed by atoms with Gasteiger partial charge >= 0.3 is 5.97 Å². The van der Waals surface area contributed by atoms with E-state index in [0.29, 0.717) is 40.6 Å². The minimum Gasteiger partial charge on any atom is -0.492 e. The van der Waals surface area contributed by atoms with Crippen LogP contribution in [0.3, 0.4) is 0 Å². The first-order valence-electron chi connectivity index (χ1n) is 11.1. The molecule has 0 unspecified atom stereocenters. The third kappa shape index (κ3) is 4.09. The molecule has 0 saturated heterocycles. The van der Waals surface area contributed by atoms with Crippen molar-refractivity contribution in [3.05, 3.63) is 94.1 Å². The topological polar surface area (TPSA) is 74.6 Å². The number of esters is 1. The molecule has 1 aliphatic heterocycles. The predicted molar refractivity (Wildman–Crippen MR) is 135 cm³/mol. The van der Waals surface area contributed by atoms with Gasteiger partial charge in [-0.25, -0.2) is 17.2 Å². The summed E-state index contributed by atoms with van der Waals surface area (Å²) < 4.78 is 39.9. The zero-order valence-electron chi connectivity index (χ0n) is 19.5. The van der Waals surface area contributed by atoms with Gasteiger partial charge in [0.15, 0.2) is 0 Å². The number of rotatable bonds is 5. The van der Waals surface area contributed by atoms with Gasteiger partial charge in [-0.1, -0.05) is 37.6 Å². The number of methoxy groups -OCH3 is 1. The second-order valence-electron chi connectivity index (χ2n) is 9.30. The summed E-state index contributed by atoms with van der Waals surface area (Å²) in [5.74, 6) is 0.287. The molecule has 6 nitrogen and oxygen atoms in total. The molecule has 180 valence electrons. The van der Waals surface area contributed by atoms with E-state index in [4.69, 9.17) is 21.1 Å². The standard InChI is InChI=1S/C27H24ClNO5S/c1-27(2)16-34-25-11-9-22(15-23(25)27)35(31,32)29-21(14-19-13-20(28)8-10-24(19)29)12-17-4-6-18(7-5-17)26(30)33-3/h4-11,13-15H,12,16H2,1-3H3. The van der Waals surface area contributed by atoms with E-state index in [-0.39, 0.29) is 10.3 Å². The highest BCUT2D eigenvalue weighted by atomic mass is 35.5. The zero-order chi connectivity index (χ0) is 25.0. The van der Waals surface area contributed by atoms with Crippen LogP contribution >= 0.6 is 11.6 Å². The smallest absolute Gasteiger partial charge is 0.337 e. The molecule has 0 aliphatic carbocycles. The molecule has 0 bridgehead atoms. The molecule has 0 fully saturated rings. The summed E-state index contributed by atoms with van der Waals surface area (Å²) in [6, 6.07) is 19.0. The van der Waals surface area contributed by atoms with Gasteiger partial charge in [0.1, 0.15) is 5.75 Å². The Labute approximate surface area is 209 Å². The third-order valence-corrected chi connectivity index (χ3v) is 8.36. The first kappa shape index (κ1) is 23.5. The Kier molecular flexibility index (Phi) is 5.65. The molecule has 0 amide bonds. The number of aromatic nitrogens is 1. The van der Waals surface area contributed by atoms with Crippen molar-refractivity contribution in [2.75, 3.05) is 13.7 Å². The van der Waals surface area contributed by atoms with Crippen LogP contribution in [0.5, 0.6) is 5.75 Å². The number of benzene rings is 3. The van der Waals surface area contributed by atoms with Crippen molar-refractivity contribution in [1.29, 1.82) is 0 Å². The number of ether oxygens (including phenoxy) is 2. The molecule has 0 N–H and O–H groups in total. The van der Waals surface area contributed by atoms with Crippen molar-refractivity contribution >= 4 is 38.5 Å². The first-order chi connectivity index (χ1) is 16.6. The molecular formula is C27H24ClNO5S. The van der Waals surface area contributed by atoms with Gasteiger partial charge in [-0.15, -0.1) is 0 Å². The minimum atomic E-state index is -3.94. The molecule has 35 heavy (non-hydrogen) atoms. The highest BCUT2D eigenvalue weighted by Gasteiger charge is 2.34. The number of carbonyl (C=O) groups excluding carboxylic acids is 1. The van der Waals surface area contributed by atoms with E-state index in [1.165, 1.54) is 11.1 Å². The first-order valence-corrected chi connectivity index (χ1v) is 12.9. The summed E-state index contributed by atoms with van der Waals surface area (Å²) in [6.45, 7) is 4.57. The molecule has 5 rings (SSSR count). The fraction of sp³-hybridized carbons (Fsp3) is 0.222. The quantitative estimate of drug-likeness (QED) is 0.328. The van der Waals surface area contributed by atoms with E-state index in [2.05, 4.69) is 0 Å². The lowest BCUT2D eigenvalue weighted by Gasteiger charge is -2.17. The lowest BCUT2D eigenvalue weighted by Crippen LogP contribution is -2.20. The monoisotopic (exact) mass is 509 g/mol. The van der Waals surface area contributed by atoms with Crippen molar-refractivity contribution in [3.8, 4) is 5.75 Å². The van der Waals surface area contributed by atoms with Gasteiger partial charge in [0, 0.05) is 33.5 Å². The highest BCUT2D eigenvalue weighted by Crippen LogP contribution is 2.40. The van der Waals surface area contributed by atoms with Crippen LogP contribution in [0.15, 0.2) is 71.6 Å². The Bertz CT molecular complexity index is 1570. The van der Waals surface area contributed by atoms with Crippen LogP contribution in [0, 0.1) is 0 Å². The van der Waals surface area contributed by atoms with Gasteiger partial charge in [-0.2, -0.15) is 0 Å². The molecule has 0 saturated carbocycles. The van der Waals surface area contributed by atoms with E-state index < -0.39 is 16.0 Å². The Hall–Kier alpha value is -3.29. The van der Waals surface area contributed by atoms with Crippen molar-refractivity contribution in [3.63, 3.8) is 0 Å². The minimum absolute atomic E-state index is 0.199. The summed E-state index contributed by atoms with van der Waals surface area (Å²) in [5.41, 5.74) is 3.01. The molecule has 1 aromatic heterocycles. The van der Waals surface area contributed by atoms with Crippen LogP contribution in [-0.2, 0) is 26.6 Å². The van der Waals surface area contributed by atoms with Crippen LogP contribution in [0.2, 0.25) is 5.02 Å². The lowest BCUT2D eigenvalue weighted by molar-refractivity contribution is 0.0600. The lowest BCUT2D eigenvalue weighted by atomic mass is 9.87. The van der Waals surface area contributed by atoms with E-state index in [9.17, 15) is 13.2 Å². The molecule has 3 aromatic carbocycles.